The van der Waals surface area contributed by atoms with Gasteiger partial charge in [-0.2, -0.15) is 0 Å². The van der Waals surface area contributed by atoms with E-state index in [0.29, 0.717) is 21.7 Å². The van der Waals surface area contributed by atoms with Crippen molar-refractivity contribution < 1.29 is 0 Å². The molecule has 0 aliphatic heterocycles. The smallest absolute Gasteiger partial charge is 0.0272 e. The fourth-order valence-electron chi connectivity index (χ4n) is 11.0. The molecular weight excluding hydrogens is 637 g/mol. The monoisotopic (exact) mass is 741 g/mol. The van der Waals surface area contributed by atoms with Crippen molar-refractivity contribution >= 4 is 0 Å². The van der Waals surface area contributed by atoms with Gasteiger partial charge in [-0.05, 0) is 73.0 Å². The summed E-state index contributed by atoms with van der Waals surface area (Å²) in [6.45, 7) is 15.8. The summed E-state index contributed by atoms with van der Waals surface area (Å²) in [5.41, 5.74) is 2.18. The van der Waals surface area contributed by atoms with E-state index in [-0.39, 0.29) is 0 Å². The first kappa shape index (κ1) is 49.1. The molecule has 0 aromatic heterocycles. The van der Waals surface area contributed by atoms with E-state index in [9.17, 15) is 0 Å². The summed E-state index contributed by atoms with van der Waals surface area (Å²) in [7, 11) is 0. The normalized spacial score (nSPS) is 30.7. The van der Waals surface area contributed by atoms with Crippen LogP contribution in [0.2, 0.25) is 0 Å². The Morgan fingerprint density at radius 3 is 0.415 bits per heavy atom. The van der Waals surface area contributed by atoms with Gasteiger partial charge in [-0.25, -0.2) is 0 Å². The maximum atomic E-state index is 2.81. The third-order valence-corrected chi connectivity index (χ3v) is 15.5. The average Bonchev–Trinajstić information content (AvgIpc) is 3.11. The van der Waals surface area contributed by atoms with Crippen LogP contribution in [0.1, 0.15) is 318 Å². The molecule has 0 N–H and O–H groups in total. The summed E-state index contributed by atoms with van der Waals surface area (Å²) >= 11 is 0. The van der Waals surface area contributed by atoms with Gasteiger partial charge in [0.1, 0.15) is 0 Å². The number of hydrogen-bond donors (Lipinski definition) is 0. The van der Waals surface area contributed by atoms with Crippen LogP contribution in [-0.2, 0) is 0 Å². The summed E-state index contributed by atoms with van der Waals surface area (Å²) in [5, 5.41) is 0. The Hall–Kier alpha value is 0. The maximum Gasteiger partial charge on any atom is -0.0272 e. The quantitative estimate of drug-likeness (QED) is 0.251. The second-order valence-electron chi connectivity index (χ2n) is 21.8. The van der Waals surface area contributed by atoms with E-state index in [1.54, 1.807) is 0 Å². The van der Waals surface area contributed by atoms with E-state index < -0.39 is 0 Å². The first-order chi connectivity index (χ1) is 25.6. The predicted molar refractivity (Wildman–Crippen MR) is 242 cm³/mol. The van der Waals surface area contributed by atoms with E-state index in [4.69, 9.17) is 0 Å². The molecule has 0 aromatic carbocycles. The zero-order valence-electron chi connectivity index (χ0n) is 38.4. The summed E-state index contributed by atoms with van der Waals surface area (Å²) in [4.78, 5) is 0. The number of hydrogen-bond acceptors (Lipinski definition) is 0. The molecule has 0 heteroatoms. The first-order valence-corrected chi connectivity index (χ1v) is 25.6. The Kier molecular flexibility index (Phi) is 27.9. The molecule has 2 atom stereocenters. The van der Waals surface area contributed by atoms with Crippen molar-refractivity contribution in [2.75, 3.05) is 0 Å². The van der Waals surface area contributed by atoms with Gasteiger partial charge in [0.05, 0.1) is 0 Å². The zero-order chi connectivity index (χ0) is 38.4. The second kappa shape index (κ2) is 30.1. The molecule has 0 amide bonds. The Labute approximate surface area is 338 Å². The molecule has 0 aromatic rings. The highest BCUT2D eigenvalue weighted by atomic mass is 14.5. The summed E-state index contributed by atoms with van der Waals surface area (Å²) < 4.78 is 0. The van der Waals surface area contributed by atoms with Gasteiger partial charge in [0.2, 0.25) is 0 Å². The molecule has 0 bridgehead atoms. The van der Waals surface area contributed by atoms with Crippen LogP contribution in [0.25, 0.3) is 0 Å². The molecule has 2 aliphatic carbocycles. The molecule has 2 aliphatic rings. The highest BCUT2D eigenvalue weighted by molar-refractivity contribution is 4.93. The molecule has 2 rings (SSSR count). The van der Waals surface area contributed by atoms with Gasteiger partial charge in [0.25, 0.3) is 0 Å². The van der Waals surface area contributed by atoms with Gasteiger partial charge in [0, 0.05) is 0 Å². The average molecular weight is 741 g/mol. The van der Waals surface area contributed by atoms with Crippen molar-refractivity contribution in [2.45, 2.75) is 318 Å². The fraction of sp³-hybridized carbons (Fsp3) is 1.00. The SMILES string of the molecule is CC1(C)CCCCCCCCCCCCC(C)(C2(C)CCCCCCCCCCCC(C)(C)CCCCCCCCCC2)CCCCCCCCCC1. The van der Waals surface area contributed by atoms with Crippen LogP contribution >= 0.6 is 0 Å². The fourth-order valence-corrected chi connectivity index (χ4v) is 11.0. The third-order valence-electron chi connectivity index (χ3n) is 15.5. The molecule has 0 spiro atoms. The van der Waals surface area contributed by atoms with Crippen LogP contribution < -0.4 is 0 Å². The standard InChI is InChI=1S/C53H104/c1-50(2)42-34-26-18-10-7-8-12-22-30-38-46-52(5,48-40-32-24-16-14-20-28-36-44-50)53(6)47-39-31-23-13-9-11-19-27-35-43-51(3,4)45-37-29-21-15-17-25-33-41-49-53/h7-49H2,1-6H3. The highest BCUT2D eigenvalue weighted by Gasteiger charge is 2.42. The zero-order valence-corrected chi connectivity index (χ0v) is 38.4. The lowest BCUT2D eigenvalue weighted by Crippen LogP contribution is -2.38. The van der Waals surface area contributed by atoms with Crippen LogP contribution in [0.3, 0.4) is 0 Å². The van der Waals surface area contributed by atoms with Crippen LogP contribution in [-0.4, -0.2) is 0 Å². The Morgan fingerprint density at radius 2 is 0.264 bits per heavy atom. The van der Waals surface area contributed by atoms with Crippen molar-refractivity contribution in [1.82, 2.24) is 0 Å². The molecule has 0 radical (unpaired) electrons. The van der Waals surface area contributed by atoms with Crippen molar-refractivity contribution in [2.24, 2.45) is 21.7 Å². The maximum absolute atomic E-state index is 2.81. The Morgan fingerprint density at radius 1 is 0.151 bits per heavy atom. The summed E-state index contributed by atoms with van der Waals surface area (Å²) in [6, 6.07) is 0. The highest BCUT2D eigenvalue weighted by Crippen LogP contribution is 2.53. The van der Waals surface area contributed by atoms with Gasteiger partial charge in [-0.15, -0.1) is 0 Å². The predicted octanol–water partition coefficient (Wildman–Crippen LogP) is 19.9. The molecule has 0 heterocycles. The lowest BCUT2D eigenvalue weighted by Gasteiger charge is -2.48. The molecule has 2 fully saturated rings. The molecule has 0 saturated heterocycles. The molecule has 316 valence electrons. The van der Waals surface area contributed by atoms with Gasteiger partial charge in [-0.3, -0.25) is 0 Å². The largest absolute Gasteiger partial charge is 0.0599 e. The van der Waals surface area contributed by atoms with Crippen LogP contribution in [0.15, 0.2) is 0 Å². The van der Waals surface area contributed by atoms with E-state index in [1.807, 2.05) is 0 Å². The lowest BCUT2D eigenvalue weighted by molar-refractivity contribution is 0.0208. The number of rotatable bonds is 1. The van der Waals surface area contributed by atoms with Crippen molar-refractivity contribution in [3.05, 3.63) is 0 Å². The molecule has 2 saturated carbocycles. The van der Waals surface area contributed by atoms with E-state index in [0.717, 1.165) is 0 Å². The Bertz CT molecular complexity index is 805. The Balaban J connectivity index is 1.99. The van der Waals surface area contributed by atoms with Crippen molar-refractivity contribution in [1.29, 1.82) is 0 Å². The minimum atomic E-state index is 0.521. The lowest BCUT2D eigenvalue weighted by atomic mass is 9.57. The van der Waals surface area contributed by atoms with E-state index in [2.05, 4.69) is 41.5 Å². The van der Waals surface area contributed by atoms with Crippen molar-refractivity contribution in [3.63, 3.8) is 0 Å². The van der Waals surface area contributed by atoms with Crippen molar-refractivity contribution in [3.8, 4) is 0 Å². The summed E-state index contributed by atoms with van der Waals surface area (Å²) in [6.07, 6.45) is 63.5. The van der Waals surface area contributed by atoms with Crippen LogP contribution in [0.4, 0.5) is 0 Å². The third kappa shape index (κ3) is 25.1. The first-order valence-electron chi connectivity index (χ1n) is 25.6. The molecular formula is C53H104. The minimum Gasteiger partial charge on any atom is -0.0599 e. The van der Waals surface area contributed by atoms with Crippen LogP contribution in [0.5, 0.6) is 0 Å². The molecule has 53 heavy (non-hydrogen) atoms. The molecule has 2 unspecified atom stereocenters. The van der Waals surface area contributed by atoms with Crippen LogP contribution in [0, 0.1) is 21.7 Å². The topological polar surface area (TPSA) is 0 Å². The van der Waals surface area contributed by atoms with Gasteiger partial charge in [0.15, 0.2) is 0 Å². The molecule has 0 nitrogen and oxygen atoms in total. The second-order valence-corrected chi connectivity index (χ2v) is 21.8. The van der Waals surface area contributed by atoms with E-state index in [1.165, 1.54) is 276 Å². The van der Waals surface area contributed by atoms with Gasteiger partial charge < -0.3 is 0 Å². The summed E-state index contributed by atoms with van der Waals surface area (Å²) in [5.74, 6) is 0. The van der Waals surface area contributed by atoms with Gasteiger partial charge >= 0.3 is 0 Å². The minimum absolute atomic E-state index is 0.521. The van der Waals surface area contributed by atoms with E-state index >= 15 is 0 Å². The van der Waals surface area contributed by atoms with Gasteiger partial charge in [-0.1, -0.05) is 266 Å².